The highest BCUT2D eigenvalue weighted by Crippen LogP contribution is 2.24. The first-order chi connectivity index (χ1) is 9.85. The Balaban J connectivity index is 2.47. The van der Waals surface area contributed by atoms with Crippen LogP contribution >= 0.6 is 0 Å². The molecule has 2 aromatic rings. The number of aryl methyl sites for hydroxylation is 2. The summed E-state index contributed by atoms with van der Waals surface area (Å²) in [5.41, 5.74) is 1.66. The van der Waals surface area contributed by atoms with Crippen LogP contribution in [0.3, 0.4) is 0 Å². The van der Waals surface area contributed by atoms with Crippen LogP contribution in [0.15, 0.2) is 35.5 Å². The highest BCUT2D eigenvalue weighted by Gasteiger charge is 2.20. The molecule has 1 aromatic carbocycles. The second kappa shape index (κ2) is 5.79. The molecule has 0 aliphatic heterocycles. The third-order valence-electron chi connectivity index (χ3n) is 3.11. The number of nitrogens with one attached hydrogen (secondary N) is 1. The average Bonchev–Trinajstić information content (AvgIpc) is 2.41. The van der Waals surface area contributed by atoms with E-state index in [1.807, 2.05) is 0 Å². The summed E-state index contributed by atoms with van der Waals surface area (Å²) in [5.74, 6) is -0.756. The van der Waals surface area contributed by atoms with Gasteiger partial charge in [0.15, 0.2) is 5.82 Å². The molecule has 0 bridgehead atoms. The molecule has 1 aromatic heterocycles. The summed E-state index contributed by atoms with van der Waals surface area (Å²) in [7, 11) is -3.94. The van der Waals surface area contributed by atoms with Gasteiger partial charge in [0.25, 0.3) is 10.0 Å². The van der Waals surface area contributed by atoms with Gasteiger partial charge in [-0.2, -0.15) is 0 Å². The first-order valence-electron chi connectivity index (χ1n) is 6.18. The molecule has 0 saturated carbocycles. The molecule has 5 nitrogen and oxygen atoms in total. The number of hydrogen-bond acceptors (Lipinski definition) is 4. The van der Waals surface area contributed by atoms with E-state index in [-0.39, 0.29) is 17.2 Å². The molecule has 0 atom stereocenters. The van der Waals surface area contributed by atoms with Crippen molar-refractivity contribution in [3.8, 4) is 0 Å². The second-order valence-corrected chi connectivity index (χ2v) is 6.31. The lowest BCUT2D eigenvalue weighted by atomic mass is 10.1. The van der Waals surface area contributed by atoms with Gasteiger partial charge in [-0.15, -0.1) is 0 Å². The number of sulfonamides is 1. The summed E-state index contributed by atoms with van der Waals surface area (Å²) in [6.45, 7) is 3.16. The van der Waals surface area contributed by atoms with Gasteiger partial charge in [0.2, 0.25) is 0 Å². The van der Waals surface area contributed by atoms with Crippen molar-refractivity contribution < 1.29 is 17.9 Å². The Labute approximate surface area is 122 Å². The van der Waals surface area contributed by atoms with Gasteiger partial charge in [-0.05, 0) is 42.7 Å². The normalized spacial score (nSPS) is 11.4. The molecular formula is C14H15FN2O3S. The minimum atomic E-state index is -3.94. The van der Waals surface area contributed by atoms with Gasteiger partial charge in [0.05, 0.1) is 23.4 Å². The standard InChI is InChI=1S/C14H15FN2O3S/c1-9-5-10(2)14(6-11(9)8-18)21(19,20)17-13-3-4-16-7-12(13)15/h3-7,18H,8H2,1-2H3,(H,16,17). The van der Waals surface area contributed by atoms with E-state index in [1.165, 1.54) is 18.3 Å². The van der Waals surface area contributed by atoms with Crippen molar-refractivity contribution in [2.75, 3.05) is 4.72 Å². The maximum atomic E-state index is 13.5. The Morgan fingerprint density at radius 1 is 1.29 bits per heavy atom. The molecule has 0 aliphatic carbocycles. The van der Waals surface area contributed by atoms with E-state index < -0.39 is 15.8 Å². The average molecular weight is 310 g/mol. The van der Waals surface area contributed by atoms with E-state index in [1.54, 1.807) is 19.9 Å². The summed E-state index contributed by atoms with van der Waals surface area (Å²) >= 11 is 0. The molecule has 7 heteroatoms. The smallest absolute Gasteiger partial charge is 0.262 e. The van der Waals surface area contributed by atoms with Crippen LogP contribution in [0.5, 0.6) is 0 Å². The van der Waals surface area contributed by atoms with Crippen molar-refractivity contribution in [2.45, 2.75) is 25.3 Å². The maximum Gasteiger partial charge on any atom is 0.262 e. The van der Waals surface area contributed by atoms with Crippen LogP contribution in [0.2, 0.25) is 0 Å². The first kappa shape index (κ1) is 15.4. The molecule has 0 aliphatic rings. The highest BCUT2D eigenvalue weighted by molar-refractivity contribution is 7.92. The van der Waals surface area contributed by atoms with E-state index in [2.05, 4.69) is 9.71 Å². The fourth-order valence-electron chi connectivity index (χ4n) is 1.99. The topological polar surface area (TPSA) is 79.3 Å². The molecule has 21 heavy (non-hydrogen) atoms. The number of benzene rings is 1. The van der Waals surface area contributed by atoms with Crippen LogP contribution in [0, 0.1) is 19.7 Å². The molecule has 0 saturated heterocycles. The van der Waals surface area contributed by atoms with E-state index in [0.29, 0.717) is 11.1 Å². The summed E-state index contributed by atoms with van der Waals surface area (Å²) in [6.07, 6.45) is 2.22. The minimum Gasteiger partial charge on any atom is -0.392 e. The van der Waals surface area contributed by atoms with E-state index in [9.17, 15) is 17.9 Å². The van der Waals surface area contributed by atoms with Gasteiger partial charge >= 0.3 is 0 Å². The van der Waals surface area contributed by atoms with Crippen LogP contribution in [0.4, 0.5) is 10.1 Å². The number of aliphatic hydroxyl groups excluding tert-OH is 1. The number of aromatic nitrogens is 1. The predicted octanol–water partition coefficient (Wildman–Crippen LogP) is 2.13. The molecular weight excluding hydrogens is 295 g/mol. The third-order valence-corrected chi connectivity index (χ3v) is 4.62. The lowest BCUT2D eigenvalue weighted by Gasteiger charge is -2.13. The Bertz CT molecular complexity index is 776. The van der Waals surface area contributed by atoms with Crippen LogP contribution in [0.1, 0.15) is 16.7 Å². The van der Waals surface area contributed by atoms with Crippen LogP contribution in [0.25, 0.3) is 0 Å². The molecule has 0 spiro atoms. The van der Waals surface area contributed by atoms with Gasteiger partial charge in [-0.25, -0.2) is 12.8 Å². The number of pyridine rings is 1. The van der Waals surface area contributed by atoms with Crippen LogP contribution in [-0.4, -0.2) is 18.5 Å². The largest absolute Gasteiger partial charge is 0.392 e. The number of halogens is 1. The second-order valence-electron chi connectivity index (χ2n) is 4.66. The number of hydrogen-bond donors (Lipinski definition) is 2. The highest BCUT2D eigenvalue weighted by atomic mass is 32.2. The monoisotopic (exact) mass is 310 g/mol. The number of rotatable bonds is 4. The zero-order valence-corrected chi connectivity index (χ0v) is 12.4. The first-order valence-corrected chi connectivity index (χ1v) is 7.67. The number of nitrogens with zero attached hydrogens (tertiary/aromatic N) is 1. The maximum absolute atomic E-state index is 13.5. The molecule has 112 valence electrons. The summed E-state index contributed by atoms with van der Waals surface area (Å²) in [6, 6.07) is 4.30. The molecule has 0 unspecified atom stereocenters. The quantitative estimate of drug-likeness (QED) is 0.906. The van der Waals surface area contributed by atoms with Crippen molar-refractivity contribution in [2.24, 2.45) is 0 Å². The molecule has 2 N–H and O–H groups in total. The van der Waals surface area contributed by atoms with Crippen molar-refractivity contribution in [3.63, 3.8) is 0 Å². The van der Waals surface area contributed by atoms with Gasteiger partial charge in [0.1, 0.15) is 0 Å². The predicted molar refractivity (Wildman–Crippen MR) is 76.8 cm³/mol. The van der Waals surface area contributed by atoms with Crippen molar-refractivity contribution in [1.29, 1.82) is 0 Å². The van der Waals surface area contributed by atoms with Crippen LogP contribution < -0.4 is 4.72 Å². The van der Waals surface area contributed by atoms with E-state index in [0.717, 1.165) is 11.8 Å². The van der Waals surface area contributed by atoms with Gasteiger partial charge < -0.3 is 5.11 Å². The third kappa shape index (κ3) is 3.20. The Hall–Kier alpha value is -1.99. The molecule has 1 heterocycles. The number of aliphatic hydroxyl groups is 1. The van der Waals surface area contributed by atoms with E-state index in [4.69, 9.17) is 0 Å². The number of anilines is 1. The molecule has 2 rings (SSSR count). The zero-order chi connectivity index (χ0) is 15.6. The Kier molecular flexibility index (Phi) is 4.24. The van der Waals surface area contributed by atoms with Gasteiger partial charge in [-0.3, -0.25) is 9.71 Å². The van der Waals surface area contributed by atoms with Gasteiger partial charge in [0, 0.05) is 6.20 Å². The van der Waals surface area contributed by atoms with Crippen molar-refractivity contribution >= 4 is 15.7 Å². The fourth-order valence-corrected chi connectivity index (χ4v) is 3.34. The fraction of sp³-hybridized carbons (Fsp3) is 0.214. The Morgan fingerprint density at radius 2 is 2.00 bits per heavy atom. The Morgan fingerprint density at radius 3 is 2.62 bits per heavy atom. The summed E-state index contributed by atoms with van der Waals surface area (Å²) in [5, 5.41) is 9.25. The lowest BCUT2D eigenvalue weighted by molar-refractivity contribution is 0.280. The zero-order valence-electron chi connectivity index (χ0n) is 11.6. The van der Waals surface area contributed by atoms with Crippen LogP contribution in [-0.2, 0) is 16.6 Å². The molecule has 0 amide bonds. The minimum absolute atomic E-state index is 0.00774. The van der Waals surface area contributed by atoms with Gasteiger partial charge in [-0.1, -0.05) is 6.07 Å². The summed E-state index contributed by atoms with van der Waals surface area (Å²) in [4.78, 5) is 3.57. The van der Waals surface area contributed by atoms with E-state index >= 15 is 0 Å². The molecule has 0 fully saturated rings. The lowest BCUT2D eigenvalue weighted by Crippen LogP contribution is -2.16. The van der Waals surface area contributed by atoms with Crippen molar-refractivity contribution in [3.05, 3.63) is 53.1 Å². The van der Waals surface area contributed by atoms with Crippen molar-refractivity contribution in [1.82, 2.24) is 4.98 Å². The summed E-state index contributed by atoms with van der Waals surface area (Å²) < 4.78 is 40.5. The molecule has 0 radical (unpaired) electrons. The SMILES string of the molecule is Cc1cc(C)c(S(=O)(=O)Nc2ccncc2F)cc1CO.